The maximum atomic E-state index is 9.33. The highest BCUT2D eigenvalue weighted by molar-refractivity contribution is 7.71. The van der Waals surface area contributed by atoms with E-state index in [1.165, 1.54) is 0 Å². The van der Waals surface area contributed by atoms with Crippen molar-refractivity contribution in [1.29, 1.82) is 5.26 Å². The van der Waals surface area contributed by atoms with Crippen molar-refractivity contribution in [3.8, 4) is 27.8 Å². The van der Waals surface area contributed by atoms with Crippen LogP contribution in [0.5, 0.6) is 0 Å². The normalized spacial score (nSPS) is 13.3. The summed E-state index contributed by atoms with van der Waals surface area (Å²) in [5, 5.41) is 13.6. The molecular formula is C20H20N3OS2+. The van der Waals surface area contributed by atoms with Crippen LogP contribution in [-0.2, 0) is 4.74 Å². The second kappa shape index (κ2) is 9.41. The standard InChI is InChI=1S/C16H10N2S2.C4H9NO/c17-10-13-12(15-7-4-8-20-15)9-14(18-16(13)19)11-5-2-1-3-6-11;1-3-6-4-2-5-1/h1-9H,(H,18,19);5H,1-4H2/p+1. The molecule has 6 heteroatoms. The Morgan fingerprint density at radius 3 is 2.42 bits per heavy atom. The highest BCUT2D eigenvalue weighted by atomic mass is 32.1. The lowest BCUT2D eigenvalue weighted by Crippen LogP contribution is -2.87. The highest BCUT2D eigenvalue weighted by Gasteiger charge is 2.11. The molecule has 0 radical (unpaired) electrons. The first-order valence-corrected chi connectivity index (χ1v) is 9.74. The molecule has 4 nitrogen and oxygen atoms in total. The maximum absolute atomic E-state index is 9.33. The van der Waals surface area contributed by atoms with Crippen molar-refractivity contribution >= 4 is 23.6 Å². The number of nitriles is 1. The molecule has 1 fully saturated rings. The molecule has 1 aromatic carbocycles. The van der Waals surface area contributed by atoms with E-state index in [4.69, 9.17) is 17.0 Å². The SMILES string of the molecule is C1COCC[NH2+]1.N#Cc1c(-c2cccs2)cc(-c2ccccc2)[nH]c1=S. The van der Waals surface area contributed by atoms with E-state index in [0.717, 1.165) is 48.0 Å². The minimum absolute atomic E-state index is 0.484. The summed E-state index contributed by atoms with van der Waals surface area (Å²) in [6, 6.07) is 18.2. The Balaban J connectivity index is 0.000000278. The van der Waals surface area contributed by atoms with E-state index in [1.54, 1.807) is 11.3 Å². The van der Waals surface area contributed by atoms with Crippen molar-refractivity contribution in [2.24, 2.45) is 0 Å². The molecule has 1 aliphatic rings. The first-order chi connectivity index (χ1) is 12.8. The molecule has 0 bridgehead atoms. The molecule has 1 saturated heterocycles. The number of rotatable bonds is 2. The number of aromatic nitrogens is 1. The molecule has 2 aromatic heterocycles. The monoisotopic (exact) mass is 382 g/mol. The summed E-state index contributed by atoms with van der Waals surface area (Å²) in [6.45, 7) is 4.19. The zero-order valence-electron chi connectivity index (χ0n) is 14.3. The average molecular weight is 383 g/mol. The first-order valence-electron chi connectivity index (χ1n) is 8.45. The summed E-state index contributed by atoms with van der Waals surface area (Å²) in [7, 11) is 0. The van der Waals surface area contributed by atoms with Gasteiger partial charge in [-0.3, -0.25) is 0 Å². The molecule has 1 aliphatic heterocycles. The number of hydrogen-bond acceptors (Lipinski definition) is 4. The van der Waals surface area contributed by atoms with Crippen LogP contribution in [-0.4, -0.2) is 31.3 Å². The van der Waals surface area contributed by atoms with Crippen molar-refractivity contribution in [2.75, 3.05) is 26.3 Å². The maximum Gasteiger partial charge on any atom is 0.122 e. The van der Waals surface area contributed by atoms with Gasteiger partial charge in [-0.05, 0) is 23.1 Å². The highest BCUT2D eigenvalue weighted by Crippen LogP contribution is 2.31. The van der Waals surface area contributed by atoms with E-state index in [0.29, 0.717) is 10.2 Å². The molecule has 0 unspecified atom stereocenters. The smallest absolute Gasteiger partial charge is 0.122 e. The van der Waals surface area contributed by atoms with Gasteiger partial charge in [-0.15, -0.1) is 11.3 Å². The number of aromatic amines is 1. The van der Waals surface area contributed by atoms with E-state index in [2.05, 4.69) is 16.4 Å². The Morgan fingerprint density at radius 1 is 1.12 bits per heavy atom. The van der Waals surface area contributed by atoms with Crippen LogP contribution >= 0.6 is 23.6 Å². The number of benzene rings is 1. The number of ether oxygens (including phenoxy) is 1. The molecule has 3 heterocycles. The Hall–Kier alpha value is -2.30. The molecular weight excluding hydrogens is 362 g/mol. The molecule has 0 atom stereocenters. The molecule has 0 aliphatic carbocycles. The summed E-state index contributed by atoms with van der Waals surface area (Å²) < 4.78 is 5.52. The molecule has 132 valence electrons. The van der Waals surface area contributed by atoms with Gasteiger partial charge in [0, 0.05) is 16.1 Å². The minimum Gasteiger partial charge on any atom is -0.370 e. The molecule has 0 spiro atoms. The number of pyridine rings is 1. The molecule has 3 aromatic rings. The van der Waals surface area contributed by atoms with E-state index in [1.807, 2.05) is 53.9 Å². The third-order valence-corrected chi connectivity index (χ3v) is 5.16. The number of morpholine rings is 1. The minimum atomic E-state index is 0.484. The molecule has 0 amide bonds. The van der Waals surface area contributed by atoms with Crippen LogP contribution in [0, 0.1) is 16.0 Å². The Kier molecular flexibility index (Phi) is 6.69. The van der Waals surface area contributed by atoms with E-state index in [9.17, 15) is 5.26 Å². The number of nitrogens with two attached hydrogens (primary N) is 1. The Morgan fingerprint density at radius 2 is 1.88 bits per heavy atom. The number of hydrogen-bond donors (Lipinski definition) is 2. The number of nitrogens with zero attached hydrogens (tertiary/aromatic N) is 1. The van der Waals surface area contributed by atoms with E-state index in [-0.39, 0.29) is 0 Å². The quantitative estimate of drug-likeness (QED) is 0.666. The van der Waals surface area contributed by atoms with Gasteiger partial charge in [-0.1, -0.05) is 48.6 Å². The van der Waals surface area contributed by atoms with E-state index < -0.39 is 0 Å². The van der Waals surface area contributed by atoms with Crippen LogP contribution in [0.15, 0.2) is 53.9 Å². The summed E-state index contributed by atoms with van der Waals surface area (Å²) in [5.41, 5.74) is 3.41. The van der Waals surface area contributed by atoms with Gasteiger partial charge in [-0.25, -0.2) is 0 Å². The summed E-state index contributed by atoms with van der Waals surface area (Å²) in [6.07, 6.45) is 0. The van der Waals surface area contributed by atoms with Crippen molar-refractivity contribution in [3.05, 3.63) is 64.1 Å². The Bertz CT molecular complexity index is 912. The lowest BCUT2D eigenvalue weighted by atomic mass is 10.0. The molecule has 26 heavy (non-hydrogen) atoms. The molecule has 3 N–H and O–H groups in total. The first kappa shape index (κ1) is 18.5. The summed E-state index contributed by atoms with van der Waals surface area (Å²) in [5.74, 6) is 0. The number of thiophene rings is 1. The van der Waals surface area contributed by atoms with Gasteiger partial charge in [-0.2, -0.15) is 5.26 Å². The van der Waals surface area contributed by atoms with Gasteiger partial charge in [0.1, 0.15) is 10.7 Å². The van der Waals surface area contributed by atoms with Crippen LogP contribution in [0.1, 0.15) is 5.56 Å². The van der Waals surface area contributed by atoms with Crippen LogP contribution in [0.3, 0.4) is 0 Å². The van der Waals surface area contributed by atoms with Crippen molar-refractivity contribution < 1.29 is 10.1 Å². The summed E-state index contributed by atoms with van der Waals surface area (Å²) >= 11 is 6.93. The van der Waals surface area contributed by atoms with Crippen LogP contribution < -0.4 is 5.32 Å². The van der Waals surface area contributed by atoms with Crippen LogP contribution in [0.25, 0.3) is 21.7 Å². The fourth-order valence-electron chi connectivity index (χ4n) is 2.65. The van der Waals surface area contributed by atoms with Gasteiger partial charge >= 0.3 is 0 Å². The fourth-order valence-corrected chi connectivity index (χ4v) is 3.66. The predicted octanol–water partition coefficient (Wildman–Crippen LogP) is 3.59. The lowest BCUT2D eigenvalue weighted by molar-refractivity contribution is -0.670. The predicted molar refractivity (Wildman–Crippen MR) is 108 cm³/mol. The van der Waals surface area contributed by atoms with Crippen LogP contribution in [0.2, 0.25) is 0 Å². The van der Waals surface area contributed by atoms with Gasteiger partial charge < -0.3 is 15.0 Å². The number of H-pyrrole nitrogens is 1. The van der Waals surface area contributed by atoms with Gasteiger partial charge in [0.15, 0.2) is 0 Å². The van der Waals surface area contributed by atoms with E-state index >= 15 is 0 Å². The number of nitrogens with one attached hydrogen (secondary N) is 1. The van der Waals surface area contributed by atoms with Crippen molar-refractivity contribution in [3.63, 3.8) is 0 Å². The van der Waals surface area contributed by atoms with Crippen LogP contribution in [0.4, 0.5) is 0 Å². The third kappa shape index (κ3) is 4.65. The van der Waals surface area contributed by atoms with Gasteiger partial charge in [0.25, 0.3) is 0 Å². The second-order valence-corrected chi connectivity index (χ2v) is 7.09. The molecule has 4 rings (SSSR count). The number of quaternary nitrogens is 1. The second-order valence-electron chi connectivity index (χ2n) is 5.73. The topological polar surface area (TPSA) is 65.4 Å². The third-order valence-electron chi connectivity index (χ3n) is 3.95. The van der Waals surface area contributed by atoms with Crippen molar-refractivity contribution in [1.82, 2.24) is 4.98 Å². The fraction of sp³-hybridized carbons (Fsp3) is 0.200. The summed E-state index contributed by atoms with van der Waals surface area (Å²) in [4.78, 5) is 4.20. The van der Waals surface area contributed by atoms with Gasteiger partial charge in [0.05, 0.1) is 31.9 Å². The van der Waals surface area contributed by atoms with Gasteiger partial charge in [0.2, 0.25) is 0 Å². The lowest BCUT2D eigenvalue weighted by Gasteiger charge is -2.07. The molecule has 0 saturated carbocycles. The van der Waals surface area contributed by atoms with Crippen molar-refractivity contribution in [2.45, 2.75) is 0 Å². The average Bonchev–Trinajstić information content (AvgIpc) is 3.24. The Labute approximate surface area is 162 Å². The largest absolute Gasteiger partial charge is 0.370 e. The zero-order valence-corrected chi connectivity index (χ0v) is 15.9. The zero-order chi connectivity index (χ0) is 18.2.